The average Bonchev–Trinajstić information content (AvgIpc) is 2.38. The third-order valence-corrected chi connectivity index (χ3v) is 3.87. The maximum atomic E-state index is 6.03. The van der Waals surface area contributed by atoms with Crippen molar-refractivity contribution in [3.63, 3.8) is 0 Å². The highest BCUT2D eigenvalue weighted by atomic mass is 35.5. The van der Waals surface area contributed by atoms with Crippen LogP contribution in [0.2, 0.25) is 15.1 Å². The molecule has 0 amide bonds. The van der Waals surface area contributed by atoms with Gasteiger partial charge in [0, 0.05) is 23.7 Å². The van der Waals surface area contributed by atoms with Crippen LogP contribution in [0.1, 0.15) is 11.3 Å². The minimum absolute atomic E-state index is 0.155. The summed E-state index contributed by atoms with van der Waals surface area (Å²) in [6.07, 6.45) is 0.522. The highest BCUT2D eigenvalue weighted by Gasteiger charge is 2.10. The Hall–Kier alpha value is -1.43. The van der Waals surface area contributed by atoms with Crippen molar-refractivity contribution in [2.45, 2.75) is 13.3 Å². The molecule has 0 atom stereocenters. The van der Waals surface area contributed by atoms with Crippen LogP contribution in [0.5, 0.6) is 5.75 Å². The second-order valence-electron chi connectivity index (χ2n) is 4.33. The molecule has 0 unspecified atom stereocenters. The number of nitrogens with zero attached hydrogens (tertiary/aromatic N) is 2. The molecule has 1 aromatic heterocycles. The van der Waals surface area contributed by atoms with E-state index in [-0.39, 0.29) is 5.95 Å². The van der Waals surface area contributed by atoms with Crippen molar-refractivity contribution in [1.29, 1.82) is 0 Å². The third kappa shape index (κ3) is 3.81. The van der Waals surface area contributed by atoms with Crippen molar-refractivity contribution in [2.75, 3.05) is 18.1 Å². The first-order valence-corrected chi connectivity index (χ1v) is 7.17. The van der Waals surface area contributed by atoms with Crippen LogP contribution in [0.3, 0.4) is 0 Å². The molecule has 0 bridgehead atoms. The van der Waals surface area contributed by atoms with E-state index in [4.69, 9.17) is 51.0 Å². The topological polar surface area (TPSA) is 87.0 Å². The Bertz CT molecular complexity index is 656. The molecular weight excluding hydrogens is 335 g/mol. The summed E-state index contributed by atoms with van der Waals surface area (Å²) < 4.78 is 5.60. The van der Waals surface area contributed by atoms with E-state index in [9.17, 15) is 0 Å². The molecular formula is C13H13Cl3N4O. The fourth-order valence-electron chi connectivity index (χ4n) is 1.83. The van der Waals surface area contributed by atoms with Crippen LogP contribution in [-0.2, 0) is 6.42 Å². The molecule has 0 aliphatic carbocycles. The summed E-state index contributed by atoms with van der Waals surface area (Å²) in [4.78, 5) is 8.00. The van der Waals surface area contributed by atoms with Gasteiger partial charge in [0.2, 0.25) is 5.95 Å². The Morgan fingerprint density at radius 2 is 1.71 bits per heavy atom. The highest BCUT2D eigenvalue weighted by Crippen LogP contribution is 2.33. The molecule has 1 aromatic carbocycles. The second-order valence-corrected chi connectivity index (χ2v) is 5.55. The number of rotatable bonds is 4. The number of aryl methyl sites for hydroxylation is 1. The molecule has 0 spiro atoms. The zero-order valence-electron chi connectivity index (χ0n) is 11.2. The highest BCUT2D eigenvalue weighted by molar-refractivity contribution is 6.43. The van der Waals surface area contributed by atoms with Gasteiger partial charge in [0.1, 0.15) is 11.6 Å². The van der Waals surface area contributed by atoms with Crippen LogP contribution in [0.4, 0.5) is 11.8 Å². The lowest BCUT2D eigenvalue weighted by molar-refractivity contribution is 0.322. The fraction of sp³-hybridized carbons (Fsp3) is 0.231. The predicted octanol–water partition coefficient (Wildman–Crippen LogP) is 3.53. The van der Waals surface area contributed by atoms with Gasteiger partial charge in [-0.3, -0.25) is 0 Å². The van der Waals surface area contributed by atoms with Crippen molar-refractivity contribution >= 4 is 46.6 Å². The Morgan fingerprint density at radius 1 is 1.05 bits per heavy atom. The van der Waals surface area contributed by atoms with Gasteiger partial charge in [-0.25, -0.2) is 4.98 Å². The molecule has 2 aromatic rings. The number of hydrogen-bond acceptors (Lipinski definition) is 5. The average molecular weight is 348 g/mol. The lowest BCUT2D eigenvalue weighted by Crippen LogP contribution is -2.10. The van der Waals surface area contributed by atoms with Crippen LogP contribution in [0, 0.1) is 6.92 Å². The van der Waals surface area contributed by atoms with Crippen molar-refractivity contribution in [3.05, 3.63) is 38.5 Å². The van der Waals surface area contributed by atoms with Gasteiger partial charge in [-0.15, -0.1) is 0 Å². The number of halogens is 3. The standard InChI is InChI=1S/C13H13Cl3N4O/c1-6-7(12(17)20-13(18)19-6)2-3-21-11-5-9(15)8(14)4-10(11)16/h4-5H,2-3H2,1H3,(H4,17,18,19,20). The number of anilines is 2. The first kappa shape index (κ1) is 15.9. The van der Waals surface area contributed by atoms with Crippen LogP contribution >= 0.6 is 34.8 Å². The number of nitrogens with two attached hydrogens (primary N) is 2. The van der Waals surface area contributed by atoms with Gasteiger partial charge in [-0.2, -0.15) is 4.98 Å². The van der Waals surface area contributed by atoms with Gasteiger partial charge in [0.25, 0.3) is 0 Å². The normalized spacial score (nSPS) is 10.7. The molecule has 4 N–H and O–H groups in total. The summed E-state index contributed by atoms with van der Waals surface area (Å²) >= 11 is 17.8. The van der Waals surface area contributed by atoms with E-state index in [1.165, 1.54) is 6.07 Å². The van der Waals surface area contributed by atoms with Crippen molar-refractivity contribution < 1.29 is 4.74 Å². The van der Waals surface area contributed by atoms with Crippen LogP contribution in [0.25, 0.3) is 0 Å². The lowest BCUT2D eigenvalue weighted by Gasteiger charge is -2.11. The molecule has 0 saturated carbocycles. The minimum Gasteiger partial charge on any atom is -0.492 e. The molecule has 5 nitrogen and oxygen atoms in total. The molecule has 112 valence electrons. The molecule has 0 aliphatic heterocycles. The molecule has 8 heteroatoms. The maximum Gasteiger partial charge on any atom is 0.222 e. The van der Waals surface area contributed by atoms with Gasteiger partial charge in [0.05, 0.1) is 21.7 Å². The third-order valence-electron chi connectivity index (χ3n) is 2.85. The molecule has 1 heterocycles. The summed E-state index contributed by atoms with van der Waals surface area (Å²) in [5, 5.41) is 1.14. The Labute approximate surface area is 137 Å². The van der Waals surface area contributed by atoms with Crippen molar-refractivity contribution in [3.8, 4) is 5.75 Å². The number of hydrogen-bond donors (Lipinski definition) is 2. The van der Waals surface area contributed by atoms with E-state index in [0.717, 1.165) is 11.3 Å². The Kier molecular flexibility index (Phi) is 4.98. The first-order valence-electron chi connectivity index (χ1n) is 6.04. The van der Waals surface area contributed by atoms with Gasteiger partial charge in [0.15, 0.2) is 0 Å². The monoisotopic (exact) mass is 346 g/mol. The van der Waals surface area contributed by atoms with E-state index >= 15 is 0 Å². The van der Waals surface area contributed by atoms with E-state index in [0.29, 0.717) is 39.7 Å². The number of benzene rings is 1. The van der Waals surface area contributed by atoms with Gasteiger partial charge < -0.3 is 16.2 Å². The zero-order chi connectivity index (χ0) is 15.6. The van der Waals surface area contributed by atoms with E-state index in [1.807, 2.05) is 6.92 Å². The largest absolute Gasteiger partial charge is 0.492 e. The van der Waals surface area contributed by atoms with Crippen LogP contribution < -0.4 is 16.2 Å². The number of aromatic nitrogens is 2. The number of ether oxygens (including phenoxy) is 1. The summed E-state index contributed by atoms with van der Waals surface area (Å²) in [5.41, 5.74) is 12.9. The second kappa shape index (κ2) is 6.56. The first-order chi connectivity index (χ1) is 9.88. The lowest BCUT2D eigenvalue weighted by atomic mass is 10.1. The van der Waals surface area contributed by atoms with Crippen molar-refractivity contribution in [2.24, 2.45) is 0 Å². The fourth-order valence-corrected chi connectivity index (χ4v) is 2.42. The molecule has 0 saturated heterocycles. The maximum absolute atomic E-state index is 6.03. The van der Waals surface area contributed by atoms with Gasteiger partial charge >= 0.3 is 0 Å². The van der Waals surface area contributed by atoms with E-state index in [2.05, 4.69) is 9.97 Å². The predicted molar refractivity (Wildman–Crippen MR) is 86.3 cm³/mol. The smallest absolute Gasteiger partial charge is 0.222 e. The van der Waals surface area contributed by atoms with E-state index in [1.54, 1.807) is 6.07 Å². The van der Waals surface area contributed by atoms with Crippen LogP contribution in [0.15, 0.2) is 12.1 Å². The molecule has 0 fully saturated rings. The van der Waals surface area contributed by atoms with Gasteiger partial charge in [-0.05, 0) is 13.0 Å². The van der Waals surface area contributed by atoms with Crippen molar-refractivity contribution in [1.82, 2.24) is 9.97 Å². The van der Waals surface area contributed by atoms with E-state index < -0.39 is 0 Å². The molecule has 0 aliphatic rings. The molecule has 2 rings (SSSR count). The van der Waals surface area contributed by atoms with Gasteiger partial charge in [-0.1, -0.05) is 34.8 Å². The quantitative estimate of drug-likeness (QED) is 0.826. The minimum atomic E-state index is 0.155. The molecule has 21 heavy (non-hydrogen) atoms. The summed E-state index contributed by atoms with van der Waals surface area (Å²) in [7, 11) is 0. The summed E-state index contributed by atoms with van der Waals surface area (Å²) in [6.45, 7) is 2.16. The summed E-state index contributed by atoms with van der Waals surface area (Å²) in [6, 6.07) is 3.11. The van der Waals surface area contributed by atoms with Crippen LogP contribution in [-0.4, -0.2) is 16.6 Å². The number of nitrogen functional groups attached to an aromatic ring is 2. The summed E-state index contributed by atoms with van der Waals surface area (Å²) in [5.74, 6) is 0.963. The SMILES string of the molecule is Cc1nc(N)nc(N)c1CCOc1cc(Cl)c(Cl)cc1Cl. The Morgan fingerprint density at radius 3 is 2.38 bits per heavy atom. The zero-order valence-corrected chi connectivity index (χ0v) is 13.4. The molecule has 0 radical (unpaired) electrons. The Balaban J connectivity index is 2.07.